The first-order chi connectivity index (χ1) is 16.6. The van der Waals surface area contributed by atoms with E-state index in [-0.39, 0.29) is 55.3 Å². The van der Waals surface area contributed by atoms with Crippen molar-refractivity contribution in [3.63, 3.8) is 0 Å². The minimum absolute atomic E-state index is 0. The van der Waals surface area contributed by atoms with Gasteiger partial charge in [0.05, 0.1) is 12.7 Å². The Morgan fingerprint density at radius 1 is 1.17 bits per heavy atom. The average Bonchev–Trinajstić information content (AvgIpc) is 3.26. The van der Waals surface area contributed by atoms with E-state index in [0.29, 0.717) is 12.5 Å². The van der Waals surface area contributed by atoms with Crippen molar-refractivity contribution < 1.29 is 58.8 Å². The average molecular weight is 486 g/mol. The van der Waals surface area contributed by atoms with Gasteiger partial charge in [0.25, 0.3) is 0 Å². The van der Waals surface area contributed by atoms with E-state index >= 15 is 0 Å². The van der Waals surface area contributed by atoms with E-state index in [1.807, 2.05) is 49.4 Å². The Bertz CT molecular complexity index is 1100. The molecule has 0 spiro atoms. The molecule has 1 aliphatic rings. The van der Waals surface area contributed by atoms with Gasteiger partial charge in [-0.25, -0.2) is 4.98 Å². The van der Waals surface area contributed by atoms with Crippen LogP contribution in [0.3, 0.4) is 0 Å². The number of carbonyl (C=O) groups is 1. The summed E-state index contributed by atoms with van der Waals surface area (Å²) < 4.78 is 17.2. The van der Waals surface area contributed by atoms with E-state index in [1.54, 1.807) is 6.20 Å². The molecule has 8 heteroatoms. The van der Waals surface area contributed by atoms with Gasteiger partial charge < -0.3 is 29.2 Å². The van der Waals surface area contributed by atoms with Gasteiger partial charge in [-0.05, 0) is 60.2 Å². The summed E-state index contributed by atoms with van der Waals surface area (Å²) in [4.78, 5) is 15.4. The third-order valence-corrected chi connectivity index (χ3v) is 5.85. The molecule has 178 valence electrons. The summed E-state index contributed by atoms with van der Waals surface area (Å²) in [5, 5.41) is 19.9. The predicted octanol–water partition coefficient (Wildman–Crippen LogP) is 0.408. The SMILES string of the molecule is CCO[C@@H](CC(=O)[O-])c1ccc(O[C@@H]2CCc3c(-c4ccc(OCCO)nc4)cccc32)cc1.[Na+]. The first kappa shape index (κ1) is 27.2. The Morgan fingerprint density at radius 3 is 2.63 bits per heavy atom. The van der Waals surface area contributed by atoms with Crippen LogP contribution in [0.2, 0.25) is 0 Å². The van der Waals surface area contributed by atoms with Crippen molar-refractivity contribution in [1.82, 2.24) is 4.98 Å². The van der Waals surface area contributed by atoms with Gasteiger partial charge in [-0.3, -0.25) is 0 Å². The van der Waals surface area contributed by atoms with E-state index < -0.39 is 12.1 Å². The largest absolute Gasteiger partial charge is 1.00 e. The molecule has 0 unspecified atom stereocenters. The Morgan fingerprint density at radius 2 is 1.97 bits per heavy atom. The molecule has 1 heterocycles. The number of hydrogen-bond donors (Lipinski definition) is 1. The Balaban J connectivity index is 0.00000342. The van der Waals surface area contributed by atoms with Crippen LogP contribution in [-0.4, -0.2) is 35.9 Å². The van der Waals surface area contributed by atoms with Gasteiger partial charge in [0.15, 0.2) is 0 Å². The van der Waals surface area contributed by atoms with Gasteiger partial charge in [-0.1, -0.05) is 30.3 Å². The van der Waals surface area contributed by atoms with Crippen LogP contribution in [0.4, 0.5) is 0 Å². The summed E-state index contributed by atoms with van der Waals surface area (Å²) in [5.74, 6) is 0.0728. The molecule has 0 bridgehead atoms. The number of aliphatic hydroxyl groups is 1. The van der Waals surface area contributed by atoms with Crippen LogP contribution >= 0.6 is 0 Å². The predicted molar refractivity (Wildman–Crippen MR) is 124 cm³/mol. The van der Waals surface area contributed by atoms with Crippen molar-refractivity contribution in [1.29, 1.82) is 0 Å². The molecule has 1 aliphatic carbocycles. The first-order valence-electron chi connectivity index (χ1n) is 11.5. The molecule has 0 saturated heterocycles. The van der Waals surface area contributed by atoms with Crippen LogP contribution < -0.4 is 44.1 Å². The van der Waals surface area contributed by atoms with Gasteiger partial charge in [0, 0.05) is 36.8 Å². The van der Waals surface area contributed by atoms with Gasteiger partial charge in [-0.2, -0.15) is 0 Å². The second kappa shape index (κ2) is 13.0. The summed E-state index contributed by atoms with van der Waals surface area (Å²) in [6, 6.07) is 17.4. The minimum Gasteiger partial charge on any atom is -0.550 e. The number of ether oxygens (including phenoxy) is 3. The Kier molecular flexibility index (Phi) is 10.1. The number of rotatable bonds is 11. The third-order valence-electron chi connectivity index (χ3n) is 5.85. The van der Waals surface area contributed by atoms with Crippen molar-refractivity contribution in [2.75, 3.05) is 19.8 Å². The molecule has 0 radical (unpaired) electrons. The molecular weight excluding hydrogens is 457 g/mol. The number of nitrogens with zero attached hydrogens (tertiary/aromatic N) is 1. The maximum Gasteiger partial charge on any atom is 1.00 e. The fourth-order valence-electron chi connectivity index (χ4n) is 4.34. The maximum atomic E-state index is 11.0. The molecule has 0 saturated carbocycles. The number of benzene rings is 2. The van der Waals surface area contributed by atoms with Gasteiger partial charge in [0.2, 0.25) is 5.88 Å². The normalized spacial score (nSPS) is 15.1. The number of hydrogen-bond acceptors (Lipinski definition) is 7. The standard InChI is InChI=1S/C27H29NO6.Na/c1-2-32-25(16-27(30)31)18-6-9-20(10-7-18)34-24-12-11-22-21(4-3-5-23(22)24)19-8-13-26(28-17-19)33-15-14-29;/h3-10,13,17,24-25,29H,2,11-12,14-16H2,1H3,(H,30,31);/q;+1/p-1/t24-,25+;/m1./s1. The molecule has 0 aliphatic heterocycles. The third kappa shape index (κ3) is 6.84. The van der Waals surface area contributed by atoms with Crippen LogP contribution in [0.5, 0.6) is 11.6 Å². The van der Waals surface area contributed by atoms with Gasteiger partial charge >= 0.3 is 29.6 Å². The van der Waals surface area contributed by atoms with Crippen LogP contribution in [-0.2, 0) is 16.0 Å². The molecule has 0 amide bonds. The smallest absolute Gasteiger partial charge is 0.550 e. The summed E-state index contributed by atoms with van der Waals surface area (Å²) in [6.07, 6.45) is 2.77. The molecule has 2 aromatic carbocycles. The number of fused-ring (bicyclic) bond motifs is 1. The van der Waals surface area contributed by atoms with E-state index in [9.17, 15) is 9.90 Å². The molecule has 3 aromatic rings. The monoisotopic (exact) mass is 485 g/mol. The van der Waals surface area contributed by atoms with Crippen molar-refractivity contribution in [2.45, 2.75) is 38.4 Å². The Hall–Kier alpha value is -2.42. The fraction of sp³-hybridized carbons (Fsp3) is 0.333. The summed E-state index contributed by atoms with van der Waals surface area (Å²) in [5.41, 5.74) is 5.33. The molecule has 1 aromatic heterocycles. The summed E-state index contributed by atoms with van der Waals surface area (Å²) >= 11 is 0. The second-order valence-electron chi connectivity index (χ2n) is 8.06. The zero-order valence-corrected chi connectivity index (χ0v) is 22.1. The van der Waals surface area contributed by atoms with Crippen molar-refractivity contribution in [2.24, 2.45) is 0 Å². The van der Waals surface area contributed by atoms with Gasteiger partial charge in [-0.15, -0.1) is 0 Å². The van der Waals surface area contributed by atoms with Crippen molar-refractivity contribution in [3.8, 4) is 22.8 Å². The topological polar surface area (TPSA) is 101 Å². The summed E-state index contributed by atoms with van der Waals surface area (Å²) in [6.45, 7) is 2.43. The van der Waals surface area contributed by atoms with E-state index in [1.165, 1.54) is 5.56 Å². The van der Waals surface area contributed by atoms with Crippen LogP contribution in [0.25, 0.3) is 11.1 Å². The van der Waals surface area contributed by atoms with E-state index in [4.69, 9.17) is 19.3 Å². The number of carboxylic acids is 1. The first-order valence-corrected chi connectivity index (χ1v) is 11.5. The molecule has 1 N–H and O–H groups in total. The molecule has 35 heavy (non-hydrogen) atoms. The van der Waals surface area contributed by atoms with E-state index in [2.05, 4.69) is 17.1 Å². The van der Waals surface area contributed by atoms with Gasteiger partial charge in [0.1, 0.15) is 18.5 Å². The molecular formula is C27H28NNaO6. The number of aliphatic carboxylic acids is 1. The number of aliphatic hydroxyl groups excluding tert-OH is 1. The number of pyridine rings is 1. The van der Waals surface area contributed by atoms with Crippen LogP contribution in [0, 0.1) is 0 Å². The van der Waals surface area contributed by atoms with Crippen LogP contribution in [0.15, 0.2) is 60.8 Å². The molecule has 2 atom stereocenters. The van der Waals surface area contributed by atoms with E-state index in [0.717, 1.165) is 40.8 Å². The molecule has 0 fully saturated rings. The van der Waals surface area contributed by atoms with Crippen molar-refractivity contribution in [3.05, 3.63) is 77.5 Å². The second-order valence-corrected chi connectivity index (χ2v) is 8.06. The maximum absolute atomic E-state index is 11.0. The van der Waals surface area contributed by atoms with Crippen LogP contribution in [0.1, 0.15) is 48.7 Å². The molecule has 7 nitrogen and oxygen atoms in total. The quantitative estimate of drug-likeness (QED) is 0.393. The minimum atomic E-state index is -1.14. The van der Waals surface area contributed by atoms with Crippen molar-refractivity contribution >= 4 is 5.97 Å². The number of carbonyl (C=O) groups excluding carboxylic acids is 1. The molecule has 4 rings (SSSR count). The number of aromatic nitrogens is 1. The Labute approximate surface area is 227 Å². The fourth-order valence-corrected chi connectivity index (χ4v) is 4.34. The summed E-state index contributed by atoms with van der Waals surface area (Å²) in [7, 11) is 0. The number of carboxylic acid groups (broad SMARTS) is 1. The zero-order chi connectivity index (χ0) is 23.9. The zero-order valence-electron chi connectivity index (χ0n) is 20.1.